The Morgan fingerprint density at radius 2 is 1.63 bits per heavy atom. The highest BCUT2D eigenvalue weighted by atomic mass is 32.2. The Labute approximate surface area is 264 Å². The first kappa shape index (κ1) is 33.3. The number of morpholine rings is 1. The molecule has 4 aromatic rings. The van der Waals surface area contributed by atoms with Crippen LogP contribution in [0.4, 0.5) is 20.4 Å². The van der Waals surface area contributed by atoms with Crippen molar-refractivity contribution in [3.05, 3.63) is 48.3 Å². The maximum atomic E-state index is 14.4. The number of ether oxygens (including phenoxy) is 2. The summed E-state index contributed by atoms with van der Waals surface area (Å²) in [5.74, 6) is -0.587. The normalized spacial score (nSPS) is 14.4. The van der Waals surface area contributed by atoms with Gasteiger partial charge in [0.2, 0.25) is 11.9 Å². The van der Waals surface area contributed by atoms with Crippen LogP contribution in [0.25, 0.3) is 28.4 Å². The first-order chi connectivity index (χ1) is 21.8. The number of imidazole rings is 1. The third-order valence-corrected chi connectivity index (χ3v) is 8.79. The van der Waals surface area contributed by atoms with E-state index in [0.717, 1.165) is 10.8 Å². The van der Waals surface area contributed by atoms with Crippen LogP contribution in [0.5, 0.6) is 5.75 Å². The molecule has 1 aliphatic heterocycles. The lowest BCUT2D eigenvalue weighted by molar-refractivity contribution is 0.122. The molecule has 19 heteroatoms. The maximum absolute atomic E-state index is 14.4. The monoisotopic (exact) mass is 682 g/mol. The zero-order valence-corrected chi connectivity index (χ0v) is 27.0. The van der Waals surface area contributed by atoms with Gasteiger partial charge in [0, 0.05) is 25.2 Å². The quantitative estimate of drug-likeness (QED) is 0.200. The average molecular weight is 683 g/mol. The van der Waals surface area contributed by atoms with Gasteiger partial charge in [-0.1, -0.05) is 6.07 Å². The molecule has 1 saturated heterocycles. The number of sulfonamides is 1. The number of hydrogen-bond acceptors (Lipinski definition) is 13. The molecule has 5 rings (SSSR count). The van der Waals surface area contributed by atoms with E-state index in [1.54, 1.807) is 37.2 Å². The molecule has 2 aromatic heterocycles. The average Bonchev–Trinajstić information content (AvgIpc) is 3.43. The number of aromatic nitrogens is 5. The molecule has 3 heterocycles. The van der Waals surface area contributed by atoms with E-state index in [0.29, 0.717) is 36.3 Å². The highest BCUT2D eigenvalue weighted by Gasteiger charge is 2.29. The van der Waals surface area contributed by atoms with Crippen molar-refractivity contribution in [1.29, 1.82) is 0 Å². The lowest BCUT2D eigenvalue weighted by atomic mass is 10.2. The topological polar surface area (TPSA) is 162 Å². The first-order valence-electron chi connectivity index (χ1n) is 13.9. The molecule has 0 N–H and O–H groups in total. The van der Waals surface area contributed by atoms with Gasteiger partial charge >= 0.3 is 0 Å². The number of benzene rings is 2. The number of hydrogen-bond donors (Lipinski definition) is 0. The fraction of sp³-hybridized carbons (Fsp3) is 0.407. The molecule has 0 radical (unpaired) electrons. The van der Waals surface area contributed by atoms with Crippen molar-refractivity contribution in [1.82, 2.24) is 29.4 Å². The Hall–Kier alpha value is -4.04. The van der Waals surface area contributed by atoms with Gasteiger partial charge in [-0.2, -0.15) is 23.4 Å². The second-order valence-corrected chi connectivity index (χ2v) is 13.9. The second kappa shape index (κ2) is 13.4. The van der Waals surface area contributed by atoms with Crippen LogP contribution < -0.4 is 14.1 Å². The molecule has 0 aliphatic carbocycles. The van der Waals surface area contributed by atoms with Crippen molar-refractivity contribution >= 4 is 42.8 Å². The van der Waals surface area contributed by atoms with Crippen LogP contribution in [-0.2, 0) is 29.2 Å². The minimum Gasteiger partial charge on any atom is -0.494 e. The number of para-hydroxylation sites is 1. The van der Waals surface area contributed by atoms with Crippen molar-refractivity contribution in [2.75, 3.05) is 75.4 Å². The molecule has 46 heavy (non-hydrogen) atoms. The van der Waals surface area contributed by atoms with Gasteiger partial charge in [0.05, 0.1) is 43.5 Å². The van der Waals surface area contributed by atoms with E-state index in [1.807, 2.05) is 4.90 Å². The summed E-state index contributed by atoms with van der Waals surface area (Å²) in [5, 5.41) is 0. The van der Waals surface area contributed by atoms with Crippen molar-refractivity contribution in [2.45, 2.75) is 6.43 Å². The summed E-state index contributed by atoms with van der Waals surface area (Å²) in [6.45, 7) is 1.78. The van der Waals surface area contributed by atoms with E-state index in [-0.39, 0.29) is 46.7 Å². The Balaban J connectivity index is 1.63. The molecule has 0 saturated carbocycles. The highest BCUT2D eigenvalue weighted by Crippen LogP contribution is 2.33. The molecular weight excluding hydrogens is 650 g/mol. The minimum atomic E-state index is -4.24. The van der Waals surface area contributed by atoms with Crippen LogP contribution in [-0.4, -0.2) is 112 Å². The summed E-state index contributed by atoms with van der Waals surface area (Å²) in [4.78, 5) is 21.3. The maximum Gasteiger partial charge on any atom is 0.296 e. The summed E-state index contributed by atoms with van der Waals surface area (Å²) in [7, 11) is -3.71. The predicted octanol–water partition coefficient (Wildman–Crippen LogP) is 2.25. The standard InChI is InChI=1S/C27H32F2N8O7S2/c1-34(2)14-17-46(40,41)37(44-45(4,38)39)19-10-8-18(9-11-19)24-31-26(35-12-15-43-16-13-35)33-27(32-24)36-20-6-5-7-21(42-3)22(20)30-25(36)23(28)29/h5-11,23H,12-17H2,1-4H3. The SMILES string of the molecule is COc1cccc2c1nc(C(F)F)n2-c1nc(-c2ccc(N(OS(C)(=O)=O)S(=O)(=O)CCN(C)C)cc2)nc(N2CCOCC2)n1. The van der Waals surface area contributed by atoms with Crippen molar-refractivity contribution in [3.8, 4) is 23.1 Å². The Morgan fingerprint density at radius 3 is 2.24 bits per heavy atom. The molecule has 0 atom stereocenters. The van der Waals surface area contributed by atoms with E-state index < -0.39 is 38.1 Å². The number of nitrogens with zero attached hydrogens (tertiary/aromatic N) is 8. The number of alkyl halides is 2. The minimum absolute atomic E-state index is 0.0778. The predicted molar refractivity (Wildman–Crippen MR) is 165 cm³/mol. The molecule has 1 fully saturated rings. The third-order valence-electron chi connectivity index (χ3n) is 6.78. The van der Waals surface area contributed by atoms with Crippen LogP contribution in [0.15, 0.2) is 42.5 Å². The van der Waals surface area contributed by atoms with Gasteiger partial charge in [-0.3, -0.25) is 4.57 Å². The van der Waals surface area contributed by atoms with Gasteiger partial charge in [-0.05, 0) is 50.5 Å². The first-order valence-corrected chi connectivity index (χ1v) is 17.3. The van der Waals surface area contributed by atoms with Gasteiger partial charge in [0.15, 0.2) is 11.6 Å². The Kier molecular flexibility index (Phi) is 9.68. The molecule has 2 aromatic carbocycles. The fourth-order valence-corrected chi connectivity index (χ4v) is 6.83. The lowest BCUT2D eigenvalue weighted by Gasteiger charge is -2.27. The molecule has 0 spiro atoms. The molecule has 1 aliphatic rings. The van der Waals surface area contributed by atoms with Crippen LogP contribution in [0.1, 0.15) is 12.2 Å². The molecule has 0 bridgehead atoms. The fourth-order valence-electron chi connectivity index (χ4n) is 4.59. The van der Waals surface area contributed by atoms with Gasteiger partial charge < -0.3 is 19.3 Å². The van der Waals surface area contributed by atoms with E-state index in [9.17, 15) is 25.6 Å². The smallest absolute Gasteiger partial charge is 0.296 e. The molecule has 0 unspecified atom stereocenters. The number of methoxy groups -OCH3 is 1. The summed E-state index contributed by atoms with van der Waals surface area (Å²) >= 11 is 0. The molecular formula is C27H32F2N8O7S2. The number of rotatable bonds is 12. The van der Waals surface area contributed by atoms with Crippen LogP contribution in [0.3, 0.4) is 0 Å². The van der Waals surface area contributed by atoms with Crippen LogP contribution in [0, 0.1) is 0 Å². The highest BCUT2D eigenvalue weighted by molar-refractivity contribution is 7.93. The van der Waals surface area contributed by atoms with Gasteiger partial charge in [-0.15, -0.1) is 8.75 Å². The van der Waals surface area contributed by atoms with Crippen molar-refractivity contribution < 1.29 is 39.4 Å². The molecule has 0 amide bonds. The number of anilines is 2. The summed E-state index contributed by atoms with van der Waals surface area (Å²) in [6.07, 6.45) is -2.25. The van der Waals surface area contributed by atoms with Crippen LogP contribution in [0.2, 0.25) is 0 Å². The Morgan fingerprint density at radius 1 is 0.957 bits per heavy atom. The molecule has 15 nitrogen and oxygen atoms in total. The lowest BCUT2D eigenvalue weighted by Crippen LogP contribution is -2.38. The van der Waals surface area contributed by atoms with Gasteiger partial charge in [0.1, 0.15) is 11.3 Å². The van der Waals surface area contributed by atoms with E-state index in [1.165, 1.54) is 31.4 Å². The van der Waals surface area contributed by atoms with Gasteiger partial charge in [0.25, 0.3) is 26.6 Å². The van der Waals surface area contributed by atoms with E-state index in [2.05, 4.69) is 19.9 Å². The summed E-state index contributed by atoms with van der Waals surface area (Å²) in [5.41, 5.74) is 0.739. The van der Waals surface area contributed by atoms with Crippen molar-refractivity contribution in [3.63, 3.8) is 0 Å². The summed E-state index contributed by atoms with van der Waals surface area (Å²) < 4.78 is 96.0. The molecule has 248 valence electrons. The van der Waals surface area contributed by atoms with Gasteiger partial charge in [-0.25, -0.2) is 22.2 Å². The van der Waals surface area contributed by atoms with E-state index >= 15 is 0 Å². The Bertz CT molecular complexity index is 1920. The summed E-state index contributed by atoms with van der Waals surface area (Å²) in [6, 6.07) is 10.4. The number of fused-ring (bicyclic) bond motifs is 1. The largest absolute Gasteiger partial charge is 0.494 e. The third kappa shape index (κ3) is 7.33. The van der Waals surface area contributed by atoms with E-state index in [4.69, 9.17) is 13.8 Å². The van der Waals surface area contributed by atoms with Crippen LogP contribution >= 0.6 is 0 Å². The zero-order chi connectivity index (χ0) is 33.2. The zero-order valence-electron chi connectivity index (χ0n) is 25.4. The number of halogens is 2. The van der Waals surface area contributed by atoms with Crippen molar-refractivity contribution in [2.24, 2.45) is 0 Å². The second-order valence-electron chi connectivity index (χ2n) is 10.5.